The van der Waals surface area contributed by atoms with E-state index in [9.17, 15) is 32.3 Å². The number of carbonyl (C=O) groups excluding carboxylic acids is 2. The van der Waals surface area contributed by atoms with Gasteiger partial charge in [-0.2, -0.15) is 0 Å². The fourth-order valence-corrected chi connectivity index (χ4v) is 6.56. The van der Waals surface area contributed by atoms with E-state index in [1.807, 2.05) is 11.9 Å². The summed E-state index contributed by atoms with van der Waals surface area (Å²) >= 11 is 0.733. The largest absolute Gasteiger partial charge is 0.495 e. The molecule has 0 bridgehead atoms. The summed E-state index contributed by atoms with van der Waals surface area (Å²) in [6, 6.07) is 7.57. The molecule has 206 valence electrons. The van der Waals surface area contributed by atoms with Gasteiger partial charge in [0.1, 0.15) is 21.1 Å². The van der Waals surface area contributed by atoms with E-state index in [2.05, 4.69) is 15.4 Å². The average molecular weight is 579 g/mol. The van der Waals surface area contributed by atoms with Crippen LogP contribution in [0, 0.1) is 5.82 Å². The van der Waals surface area contributed by atoms with Crippen molar-refractivity contribution in [3.8, 4) is 5.75 Å². The Morgan fingerprint density at radius 3 is 2.36 bits per heavy atom. The van der Waals surface area contributed by atoms with Crippen molar-refractivity contribution in [3.63, 3.8) is 0 Å². The molecule has 0 spiro atoms. The number of halogens is 1. The summed E-state index contributed by atoms with van der Waals surface area (Å²) in [4.78, 5) is 37.5. The number of nitrogens with one attached hydrogen (secondary N) is 2. The van der Waals surface area contributed by atoms with Gasteiger partial charge in [0.05, 0.1) is 43.5 Å². The molecular weight excluding hydrogens is 555 g/mol. The average Bonchev–Trinajstić information content (AvgIpc) is 3.32. The SMILES string of the molecule is COC(=O)c1scc(NC(=O)Nc2cc(S(=O)(=O)N3CCN(C)c4ccccc43)c(OC)cc2F)c1C(=O)O. The van der Waals surface area contributed by atoms with Crippen LogP contribution in [0.1, 0.15) is 20.0 Å². The van der Waals surface area contributed by atoms with Gasteiger partial charge < -0.3 is 30.1 Å². The summed E-state index contributed by atoms with van der Waals surface area (Å²) in [5.74, 6) is -3.68. The Hall–Kier alpha value is -4.37. The van der Waals surface area contributed by atoms with Crippen molar-refractivity contribution < 1.29 is 41.8 Å². The maximum Gasteiger partial charge on any atom is 0.349 e. The van der Waals surface area contributed by atoms with Gasteiger partial charge in [0.25, 0.3) is 10.0 Å². The number of sulfonamides is 1. The lowest BCUT2D eigenvalue weighted by molar-refractivity contribution is 0.0589. The monoisotopic (exact) mass is 578 g/mol. The molecule has 2 heterocycles. The molecule has 1 aliphatic heterocycles. The third-order valence-corrected chi connectivity index (χ3v) is 8.69. The predicted molar refractivity (Wildman–Crippen MR) is 142 cm³/mol. The van der Waals surface area contributed by atoms with Crippen LogP contribution in [0.4, 0.5) is 31.9 Å². The highest BCUT2D eigenvalue weighted by Crippen LogP contribution is 2.39. The minimum Gasteiger partial charge on any atom is -0.495 e. The number of carboxylic acids is 1. The van der Waals surface area contributed by atoms with E-state index in [0.29, 0.717) is 17.9 Å². The normalized spacial score (nSPS) is 12.9. The molecule has 0 unspecified atom stereocenters. The number of methoxy groups -OCH3 is 2. The lowest BCUT2D eigenvalue weighted by atomic mass is 10.2. The van der Waals surface area contributed by atoms with Gasteiger partial charge >= 0.3 is 18.0 Å². The number of urea groups is 1. The highest BCUT2D eigenvalue weighted by atomic mass is 32.2. The minimum atomic E-state index is -4.29. The Morgan fingerprint density at radius 2 is 1.72 bits per heavy atom. The molecule has 0 saturated heterocycles. The van der Waals surface area contributed by atoms with E-state index in [0.717, 1.165) is 30.6 Å². The van der Waals surface area contributed by atoms with Crippen LogP contribution in [0.15, 0.2) is 46.7 Å². The maximum absolute atomic E-state index is 14.9. The van der Waals surface area contributed by atoms with Gasteiger partial charge in [-0.3, -0.25) is 4.31 Å². The summed E-state index contributed by atoms with van der Waals surface area (Å²) in [6.07, 6.45) is 0. The number of para-hydroxylation sites is 2. The summed E-state index contributed by atoms with van der Waals surface area (Å²) < 4.78 is 53.3. The number of rotatable bonds is 7. The Labute approximate surface area is 226 Å². The minimum absolute atomic E-state index is 0.109. The molecule has 39 heavy (non-hydrogen) atoms. The lowest BCUT2D eigenvalue weighted by Gasteiger charge is -2.36. The number of carboxylic acid groups (broad SMARTS) is 1. The number of esters is 1. The number of thiophene rings is 1. The Morgan fingerprint density at radius 1 is 1.05 bits per heavy atom. The molecule has 3 N–H and O–H groups in total. The molecule has 12 nitrogen and oxygen atoms in total. The first-order valence-corrected chi connectivity index (χ1v) is 13.5. The molecule has 15 heteroatoms. The van der Waals surface area contributed by atoms with Crippen molar-refractivity contribution in [2.24, 2.45) is 0 Å². The molecule has 2 amide bonds. The highest BCUT2D eigenvalue weighted by molar-refractivity contribution is 7.93. The molecule has 1 aliphatic rings. The third kappa shape index (κ3) is 5.18. The number of nitrogens with zero attached hydrogens (tertiary/aromatic N) is 2. The van der Waals surface area contributed by atoms with E-state index in [-0.39, 0.29) is 22.9 Å². The fraction of sp³-hybridized carbons (Fsp3) is 0.208. The Bertz CT molecular complexity index is 1570. The zero-order chi connectivity index (χ0) is 28.5. The first kappa shape index (κ1) is 27.7. The summed E-state index contributed by atoms with van der Waals surface area (Å²) in [7, 11) is -0.190. The number of amides is 2. The first-order valence-electron chi connectivity index (χ1n) is 11.2. The van der Waals surface area contributed by atoms with Crippen molar-refractivity contribution in [2.45, 2.75) is 4.90 Å². The van der Waals surface area contributed by atoms with Crippen LogP contribution in [0.5, 0.6) is 5.75 Å². The van der Waals surface area contributed by atoms with E-state index in [1.54, 1.807) is 24.3 Å². The zero-order valence-electron chi connectivity index (χ0n) is 20.8. The van der Waals surface area contributed by atoms with Crippen molar-refractivity contribution >= 4 is 62.1 Å². The molecule has 1 aromatic heterocycles. The number of ether oxygens (including phenoxy) is 2. The molecule has 0 fully saturated rings. The van der Waals surface area contributed by atoms with Crippen LogP contribution < -0.4 is 24.6 Å². The topological polar surface area (TPSA) is 155 Å². The second-order valence-electron chi connectivity index (χ2n) is 8.20. The first-order chi connectivity index (χ1) is 18.5. The zero-order valence-corrected chi connectivity index (χ0v) is 22.5. The molecule has 3 aromatic rings. The van der Waals surface area contributed by atoms with Crippen molar-refractivity contribution in [1.82, 2.24) is 0 Å². The fourth-order valence-electron chi connectivity index (χ4n) is 4.02. The summed E-state index contributed by atoms with van der Waals surface area (Å²) in [5, 5.41) is 15.1. The number of likely N-dealkylation sites (N-methyl/N-ethyl adjacent to an activating group) is 1. The maximum atomic E-state index is 14.9. The van der Waals surface area contributed by atoms with Crippen molar-refractivity contribution in [1.29, 1.82) is 0 Å². The Kier molecular flexibility index (Phi) is 7.65. The third-order valence-electron chi connectivity index (χ3n) is 5.89. The van der Waals surface area contributed by atoms with Gasteiger partial charge in [-0.1, -0.05) is 12.1 Å². The highest BCUT2D eigenvalue weighted by Gasteiger charge is 2.34. The number of benzene rings is 2. The van der Waals surface area contributed by atoms with Gasteiger partial charge in [-0.15, -0.1) is 11.3 Å². The lowest BCUT2D eigenvalue weighted by Crippen LogP contribution is -2.42. The van der Waals surface area contributed by atoms with Crippen LogP contribution >= 0.6 is 11.3 Å². The Balaban J connectivity index is 1.67. The number of hydrogen-bond donors (Lipinski definition) is 3. The molecule has 0 atom stereocenters. The summed E-state index contributed by atoms with van der Waals surface area (Å²) in [6.45, 7) is 0.506. The van der Waals surface area contributed by atoms with Crippen molar-refractivity contribution in [2.75, 3.05) is 54.2 Å². The molecule has 0 saturated carbocycles. The van der Waals surface area contributed by atoms with Gasteiger partial charge in [0.15, 0.2) is 5.82 Å². The van der Waals surface area contributed by atoms with E-state index < -0.39 is 50.0 Å². The molecule has 0 aliphatic carbocycles. The molecular formula is C24H23FN4O8S2. The van der Waals surface area contributed by atoms with Crippen LogP contribution in [0.25, 0.3) is 0 Å². The second kappa shape index (κ2) is 10.8. The van der Waals surface area contributed by atoms with Gasteiger partial charge in [0.2, 0.25) is 0 Å². The van der Waals surface area contributed by atoms with Crippen LogP contribution in [0.2, 0.25) is 0 Å². The number of anilines is 4. The van der Waals surface area contributed by atoms with Crippen LogP contribution in [0.3, 0.4) is 0 Å². The smallest absolute Gasteiger partial charge is 0.349 e. The predicted octanol–water partition coefficient (Wildman–Crippen LogP) is 3.67. The summed E-state index contributed by atoms with van der Waals surface area (Å²) in [5.41, 5.74) is -0.141. The van der Waals surface area contributed by atoms with E-state index in [4.69, 9.17) is 4.74 Å². The van der Waals surface area contributed by atoms with E-state index >= 15 is 0 Å². The van der Waals surface area contributed by atoms with Gasteiger partial charge in [-0.25, -0.2) is 27.2 Å². The quantitative estimate of drug-likeness (QED) is 0.356. The standard InChI is InChI=1S/C24H23FN4O8S2/c1-28-8-9-29(17-7-5-4-6-16(17)28)39(34,35)19-11-14(13(25)10-18(19)36-2)26-24(33)27-15-12-38-21(23(32)37-3)20(15)22(30)31/h4-7,10-12H,8-9H2,1-3H3,(H,30,31)(H2,26,27,33). The number of fused-ring (bicyclic) bond motifs is 1. The van der Waals surface area contributed by atoms with Crippen LogP contribution in [-0.2, 0) is 14.8 Å². The van der Waals surface area contributed by atoms with Crippen molar-refractivity contribution in [3.05, 3.63) is 58.0 Å². The van der Waals surface area contributed by atoms with E-state index in [1.165, 1.54) is 16.8 Å². The van der Waals surface area contributed by atoms with Crippen LogP contribution in [-0.4, -0.2) is 65.9 Å². The number of carbonyl (C=O) groups is 3. The number of aromatic carboxylic acids is 1. The molecule has 0 radical (unpaired) electrons. The van der Waals surface area contributed by atoms with Gasteiger partial charge in [-0.05, 0) is 18.2 Å². The molecule has 4 rings (SSSR count). The van der Waals surface area contributed by atoms with Gasteiger partial charge in [0, 0.05) is 25.0 Å². The molecule has 2 aromatic carbocycles. The second-order valence-corrected chi connectivity index (χ2v) is 10.9. The number of hydrogen-bond acceptors (Lipinski definition) is 9.